The number of halogens is 2. The van der Waals surface area contributed by atoms with Crippen molar-refractivity contribution in [3.05, 3.63) is 33.8 Å². The van der Waals surface area contributed by atoms with Crippen LogP contribution in [0.3, 0.4) is 0 Å². The lowest BCUT2D eigenvalue weighted by molar-refractivity contribution is 0.404. The van der Waals surface area contributed by atoms with Gasteiger partial charge >= 0.3 is 0 Å². The summed E-state index contributed by atoms with van der Waals surface area (Å²) in [5.41, 5.74) is 1.26. The van der Waals surface area contributed by atoms with Gasteiger partial charge in [0.05, 0.1) is 10.0 Å². The van der Waals surface area contributed by atoms with Gasteiger partial charge in [0.15, 0.2) is 0 Å². The first-order valence-electron chi connectivity index (χ1n) is 5.89. The molecule has 1 aromatic rings. The Hall–Kier alpha value is 0.110. The average Bonchev–Trinajstić information content (AvgIpc) is 2.84. The number of thioether (sulfide) groups is 1. The molecular weight excluding hydrogens is 273 g/mol. The molecule has 1 aromatic carbocycles. The number of hydrogen-bond donors (Lipinski definition) is 1. The second kappa shape index (κ2) is 6.33. The third kappa shape index (κ3) is 3.54. The maximum Gasteiger partial charge on any atom is 0.0595 e. The zero-order valence-corrected chi connectivity index (χ0v) is 12.2. The Morgan fingerprint density at radius 3 is 2.82 bits per heavy atom. The molecule has 0 spiro atoms. The standard InChI is InChI=1S/C13H17Cl2NS/c1-16-13(10-4-5-17-8-10)7-9-2-3-11(14)12(15)6-9/h2-3,6,10,13,16H,4-5,7-8H2,1H3. The van der Waals surface area contributed by atoms with Gasteiger partial charge < -0.3 is 5.32 Å². The number of rotatable bonds is 4. The lowest BCUT2D eigenvalue weighted by Crippen LogP contribution is -2.35. The summed E-state index contributed by atoms with van der Waals surface area (Å²) in [5, 5.41) is 4.72. The molecule has 0 aliphatic carbocycles. The van der Waals surface area contributed by atoms with E-state index >= 15 is 0 Å². The van der Waals surface area contributed by atoms with E-state index in [-0.39, 0.29) is 0 Å². The fourth-order valence-corrected chi connectivity index (χ4v) is 3.95. The summed E-state index contributed by atoms with van der Waals surface area (Å²) in [4.78, 5) is 0. The third-order valence-corrected chi connectivity index (χ3v) is 5.27. The van der Waals surface area contributed by atoms with Gasteiger partial charge in [-0.3, -0.25) is 0 Å². The van der Waals surface area contributed by atoms with Crippen molar-refractivity contribution in [2.75, 3.05) is 18.6 Å². The minimum atomic E-state index is 0.544. The molecule has 1 fully saturated rings. The monoisotopic (exact) mass is 289 g/mol. The fourth-order valence-electron chi connectivity index (χ4n) is 2.30. The third-order valence-electron chi connectivity index (χ3n) is 3.34. The first kappa shape index (κ1) is 13.5. The first-order chi connectivity index (χ1) is 8.20. The molecule has 1 aliphatic heterocycles. The van der Waals surface area contributed by atoms with E-state index in [1.165, 1.54) is 23.5 Å². The van der Waals surface area contributed by atoms with Gasteiger partial charge in [0.1, 0.15) is 0 Å². The minimum Gasteiger partial charge on any atom is -0.316 e. The Morgan fingerprint density at radius 1 is 1.41 bits per heavy atom. The van der Waals surface area contributed by atoms with Crippen molar-refractivity contribution >= 4 is 35.0 Å². The molecule has 4 heteroatoms. The highest BCUT2D eigenvalue weighted by molar-refractivity contribution is 7.99. The summed E-state index contributed by atoms with van der Waals surface area (Å²) in [5.74, 6) is 3.34. The van der Waals surface area contributed by atoms with E-state index < -0.39 is 0 Å². The van der Waals surface area contributed by atoms with Crippen LogP contribution in [0.4, 0.5) is 0 Å². The van der Waals surface area contributed by atoms with Crippen molar-refractivity contribution in [1.29, 1.82) is 0 Å². The van der Waals surface area contributed by atoms with Gasteiger partial charge in [-0.15, -0.1) is 0 Å². The molecular formula is C13H17Cl2NS. The second-order valence-corrected chi connectivity index (χ2v) is 6.44. The Balaban J connectivity index is 2.04. The van der Waals surface area contributed by atoms with E-state index in [0.717, 1.165) is 12.3 Å². The van der Waals surface area contributed by atoms with E-state index in [2.05, 4.69) is 23.1 Å². The van der Waals surface area contributed by atoms with Gasteiger partial charge in [-0.2, -0.15) is 11.8 Å². The van der Waals surface area contributed by atoms with Gasteiger partial charge in [0, 0.05) is 6.04 Å². The summed E-state index contributed by atoms with van der Waals surface area (Å²) in [6.07, 6.45) is 2.34. The van der Waals surface area contributed by atoms with Crippen LogP contribution >= 0.6 is 35.0 Å². The maximum atomic E-state index is 6.04. The number of hydrogen-bond acceptors (Lipinski definition) is 2. The molecule has 0 aromatic heterocycles. The van der Waals surface area contributed by atoms with E-state index in [1.54, 1.807) is 0 Å². The van der Waals surface area contributed by atoms with Crippen molar-refractivity contribution in [2.45, 2.75) is 18.9 Å². The Bertz CT molecular complexity index is 378. The molecule has 1 aliphatic rings. The Morgan fingerprint density at radius 2 is 2.24 bits per heavy atom. The van der Waals surface area contributed by atoms with Gasteiger partial charge in [0.25, 0.3) is 0 Å². The molecule has 2 unspecified atom stereocenters. The highest BCUT2D eigenvalue weighted by atomic mass is 35.5. The molecule has 0 radical (unpaired) electrons. The summed E-state index contributed by atoms with van der Waals surface area (Å²) >= 11 is 14.0. The summed E-state index contributed by atoms with van der Waals surface area (Å²) in [6, 6.07) is 6.48. The van der Waals surface area contributed by atoms with Crippen LogP contribution in [0.25, 0.3) is 0 Å². The van der Waals surface area contributed by atoms with Gasteiger partial charge in [0.2, 0.25) is 0 Å². The summed E-state index contributed by atoms with van der Waals surface area (Å²) < 4.78 is 0. The maximum absolute atomic E-state index is 6.04. The lowest BCUT2D eigenvalue weighted by Gasteiger charge is -2.22. The molecule has 1 N–H and O–H groups in total. The SMILES string of the molecule is CNC(Cc1ccc(Cl)c(Cl)c1)C1CCSC1. The number of benzene rings is 1. The minimum absolute atomic E-state index is 0.544. The smallest absolute Gasteiger partial charge is 0.0595 e. The normalized spacial score (nSPS) is 21.7. The first-order valence-corrected chi connectivity index (χ1v) is 7.80. The van der Waals surface area contributed by atoms with Crippen molar-refractivity contribution in [2.24, 2.45) is 5.92 Å². The van der Waals surface area contributed by atoms with E-state index in [0.29, 0.717) is 16.1 Å². The number of likely N-dealkylation sites (N-methyl/N-ethyl adjacent to an activating group) is 1. The van der Waals surface area contributed by atoms with Crippen LogP contribution in [0.1, 0.15) is 12.0 Å². The van der Waals surface area contributed by atoms with Crippen LogP contribution in [-0.2, 0) is 6.42 Å². The van der Waals surface area contributed by atoms with Gasteiger partial charge in [-0.05, 0) is 55.0 Å². The largest absolute Gasteiger partial charge is 0.316 e. The fraction of sp³-hybridized carbons (Fsp3) is 0.538. The van der Waals surface area contributed by atoms with Crippen molar-refractivity contribution < 1.29 is 0 Å². The highest BCUT2D eigenvalue weighted by Crippen LogP contribution is 2.29. The topological polar surface area (TPSA) is 12.0 Å². The van der Waals surface area contributed by atoms with Crippen molar-refractivity contribution in [3.8, 4) is 0 Å². The molecule has 0 bridgehead atoms. The highest BCUT2D eigenvalue weighted by Gasteiger charge is 2.24. The second-order valence-electron chi connectivity index (χ2n) is 4.47. The van der Waals surface area contributed by atoms with Crippen LogP contribution in [-0.4, -0.2) is 24.6 Å². The molecule has 2 atom stereocenters. The van der Waals surface area contributed by atoms with E-state index in [4.69, 9.17) is 23.2 Å². The zero-order chi connectivity index (χ0) is 12.3. The Labute approximate surface area is 117 Å². The molecule has 1 heterocycles. The molecule has 2 rings (SSSR count). The van der Waals surface area contributed by atoms with Gasteiger partial charge in [-0.25, -0.2) is 0 Å². The van der Waals surface area contributed by atoms with Gasteiger partial charge in [-0.1, -0.05) is 29.3 Å². The quantitative estimate of drug-likeness (QED) is 0.903. The van der Waals surface area contributed by atoms with Crippen LogP contribution in [0.15, 0.2) is 18.2 Å². The van der Waals surface area contributed by atoms with E-state index in [9.17, 15) is 0 Å². The molecule has 0 saturated carbocycles. The van der Waals surface area contributed by atoms with Crippen LogP contribution in [0, 0.1) is 5.92 Å². The predicted molar refractivity (Wildman–Crippen MR) is 78.4 cm³/mol. The van der Waals surface area contributed by atoms with Crippen LogP contribution < -0.4 is 5.32 Å². The average molecular weight is 290 g/mol. The molecule has 1 saturated heterocycles. The molecule has 1 nitrogen and oxygen atoms in total. The summed E-state index contributed by atoms with van der Waals surface area (Å²) in [6.45, 7) is 0. The summed E-state index contributed by atoms with van der Waals surface area (Å²) in [7, 11) is 2.05. The van der Waals surface area contributed by atoms with Crippen molar-refractivity contribution in [3.63, 3.8) is 0 Å². The molecule has 94 valence electrons. The van der Waals surface area contributed by atoms with E-state index in [1.807, 2.05) is 19.2 Å². The van der Waals surface area contributed by atoms with Crippen LogP contribution in [0.5, 0.6) is 0 Å². The molecule has 0 amide bonds. The lowest BCUT2D eigenvalue weighted by atomic mass is 9.93. The zero-order valence-electron chi connectivity index (χ0n) is 9.88. The number of nitrogens with one attached hydrogen (secondary N) is 1. The Kier molecular flexibility index (Phi) is 5.04. The van der Waals surface area contributed by atoms with Crippen molar-refractivity contribution in [1.82, 2.24) is 5.32 Å². The molecule has 17 heavy (non-hydrogen) atoms. The van der Waals surface area contributed by atoms with Crippen LogP contribution in [0.2, 0.25) is 10.0 Å². The predicted octanol–water partition coefficient (Wildman–Crippen LogP) is 3.88.